The molecule has 0 bridgehead atoms. The van der Waals surface area contributed by atoms with Crippen LogP contribution in [0.2, 0.25) is 0 Å². The van der Waals surface area contributed by atoms with E-state index in [1.807, 2.05) is 12.1 Å². The Morgan fingerprint density at radius 2 is 2.11 bits per heavy atom. The van der Waals surface area contributed by atoms with E-state index < -0.39 is 5.69 Å². The first-order chi connectivity index (χ1) is 8.69. The van der Waals surface area contributed by atoms with Crippen LogP contribution >= 0.6 is 0 Å². The van der Waals surface area contributed by atoms with Gasteiger partial charge < -0.3 is 20.4 Å². The Labute approximate surface area is 103 Å². The summed E-state index contributed by atoms with van der Waals surface area (Å²) in [7, 11) is 0. The maximum Gasteiger partial charge on any atom is 0.323 e. The number of rotatable bonds is 4. The number of aliphatic hydroxyl groups excluding tert-OH is 1. The van der Waals surface area contributed by atoms with E-state index in [2.05, 4.69) is 15.3 Å². The van der Waals surface area contributed by atoms with E-state index in [9.17, 15) is 9.59 Å². The van der Waals surface area contributed by atoms with Crippen LogP contribution in [0.25, 0.3) is 0 Å². The maximum absolute atomic E-state index is 11.6. The Morgan fingerprint density at radius 3 is 2.78 bits per heavy atom. The summed E-state index contributed by atoms with van der Waals surface area (Å²) in [6, 6.07) is 7.26. The number of benzene rings is 1. The van der Waals surface area contributed by atoms with Gasteiger partial charge in [-0.05, 0) is 11.1 Å². The second-order valence-electron chi connectivity index (χ2n) is 3.82. The van der Waals surface area contributed by atoms with Gasteiger partial charge in [-0.25, -0.2) is 4.79 Å². The summed E-state index contributed by atoms with van der Waals surface area (Å²) in [6.07, 6.45) is 1.32. The molecule has 1 heterocycles. The number of H-pyrrole nitrogens is 2. The normalized spacial score (nSPS) is 10.3. The molecule has 0 radical (unpaired) electrons. The average Bonchev–Trinajstić information content (AvgIpc) is 2.83. The third kappa shape index (κ3) is 2.86. The molecule has 0 saturated heterocycles. The summed E-state index contributed by atoms with van der Waals surface area (Å²) < 4.78 is 0. The molecule has 2 aromatic rings. The van der Waals surface area contributed by atoms with Crippen molar-refractivity contribution in [1.29, 1.82) is 0 Å². The lowest BCUT2D eigenvalue weighted by Crippen LogP contribution is -2.23. The molecule has 0 spiro atoms. The van der Waals surface area contributed by atoms with Crippen LogP contribution in [-0.4, -0.2) is 21.0 Å². The van der Waals surface area contributed by atoms with Crippen LogP contribution in [0, 0.1) is 0 Å². The Hall–Kier alpha value is -2.34. The number of carbonyl (C=O) groups is 1. The number of hydrogen-bond acceptors (Lipinski definition) is 3. The highest BCUT2D eigenvalue weighted by Gasteiger charge is 2.07. The topological polar surface area (TPSA) is 98.0 Å². The number of aromatic nitrogens is 2. The Bertz CT molecular complexity index is 600. The first kappa shape index (κ1) is 12.1. The van der Waals surface area contributed by atoms with Gasteiger partial charge in [-0.3, -0.25) is 4.79 Å². The first-order valence-corrected chi connectivity index (χ1v) is 5.43. The number of carbonyl (C=O) groups excluding carboxylic acids is 1. The molecule has 0 saturated carbocycles. The van der Waals surface area contributed by atoms with Gasteiger partial charge in [-0.15, -0.1) is 0 Å². The lowest BCUT2D eigenvalue weighted by atomic mass is 10.1. The molecule has 1 aromatic carbocycles. The fraction of sp³-hybridized carbons (Fsp3) is 0.167. The minimum Gasteiger partial charge on any atom is -0.392 e. The van der Waals surface area contributed by atoms with Gasteiger partial charge in [0.05, 0.1) is 6.61 Å². The molecule has 1 aromatic heterocycles. The highest BCUT2D eigenvalue weighted by atomic mass is 16.3. The number of aliphatic hydroxyl groups is 1. The second-order valence-corrected chi connectivity index (χ2v) is 3.82. The van der Waals surface area contributed by atoms with Crippen molar-refractivity contribution in [2.45, 2.75) is 13.2 Å². The molecule has 4 N–H and O–H groups in total. The van der Waals surface area contributed by atoms with Gasteiger partial charge in [0.1, 0.15) is 5.69 Å². The molecule has 18 heavy (non-hydrogen) atoms. The summed E-state index contributed by atoms with van der Waals surface area (Å²) in [5, 5.41) is 11.7. The van der Waals surface area contributed by atoms with Gasteiger partial charge in [0.2, 0.25) is 0 Å². The van der Waals surface area contributed by atoms with Crippen LogP contribution in [0.15, 0.2) is 35.3 Å². The van der Waals surface area contributed by atoms with E-state index >= 15 is 0 Å². The Balaban J connectivity index is 1.99. The third-order valence-electron chi connectivity index (χ3n) is 2.47. The molecule has 6 nitrogen and oxygen atoms in total. The van der Waals surface area contributed by atoms with Crippen LogP contribution < -0.4 is 11.0 Å². The second kappa shape index (κ2) is 5.33. The summed E-state index contributed by atoms with van der Waals surface area (Å²) in [6.45, 7) is 0.298. The lowest BCUT2D eigenvalue weighted by Gasteiger charge is -2.05. The number of amides is 1. The Morgan fingerprint density at radius 1 is 1.33 bits per heavy atom. The number of imidazole rings is 1. The van der Waals surface area contributed by atoms with Crippen molar-refractivity contribution < 1.29 is 9.90 Å². The van der Waals surface area contributed by atoms with Crippen molar-refractivity contribution in [2.75, 3.05) is 0 Å². The molecule has 0 aliphatic heterocycles. The van der Waals surface area contributed by atoms with E-state index in [0.29, 0.717) is 6.54 Å². The van der Waals surface area contributed by atoms with Crippen molar-refractivity contribution in [3.05, 3.63) is 57.8 Å². The summed E-state index contributed by atoms with van der Waals surface area (Å²) in [4.78, 5) is 27.2. The van der Waals surface area contributed by atoms with E-state index in [1.165, 1.54) is 6.20 Å². The zero-order chi connectivity index (χ0) is 13.0. The standard InChI is InChI=1S/C12H13N3O3/c16-7-9-3-1-2-8(4-9)5-13-11(17)10-6-14-12(18)15-10/h1-4,6,16H,5,7H2,(H,13,17)(H2,14,15,18). The van der Waals surface area contributed by atoms with Gasteiger partial charge >= 0.3 is 5.69 Å². The predicted octanol–water partition coefficient (Wildman–Crippen LogP) is 0.125. The largest absolute Gasteiger partial charge is 0.392 e. The molecule has 1 amide bonds. The fourth-order valence-corrected chi connectivity index (χ4v) is 1.57. The lowest BCUT2D eigenvalue weighted by molar-refractivity contribution is 0.0946. The van der Waals surface area contributed by atoms with Crippen LogP contribution in [0.4, 0.5) is 0 Å². The van der Waals surface area contributed by atoms with Crippen molar-refractivity contribution in [3.8, 4) is 0 Å². The fourth-order valence-electron chi connectivity index (χ4n) is 1.57. The van der Waals surface area contributed by atoms with Gasteiger partial charge in [-0.1, -0.05) is 24.3 Å². The molecule has 0 aliphatic carbocycles. The zero-order valence-electron chi connectivity index (χ0n) is 9.56. The molecule has 6 heteroatoms. The first-order valence-electron chi connectivity index (χ1n) is 5.43. The molecule has 2 rings (SSSR count). The number of nitrogens with one attached hydrogen (secondary N) is 3. The molecular formula is C12H13N3O3. The Kier molecular flexibility index (Phi) is 3.59. The summed E-state index contributed by atoms with van der Waals surface area (Å²) >= 11 is 0. The molecule has 0 unspecified atom stereocenters. The highest BCUT2D eigenvalue weighted by molar-refractivity contribution is 5.91. The summed E-state index contributed by atoms with van der Waals surface area (Å²) in [5.41, 5.74) is 1.45. The molecule has 0 fully saturated rings. The van der Waals surface area contributed by atoms with Gasteiger partial charge in [0.15, 0.2) is 0 Å². The smallest absolute Gasteiger partial charge is 0.323 e. The van der Waals surface area contributed by atoms with Gasteiger partial charge in [0.25, 0.3) is 5.91 Å². The monoisotopic (exact) mass is 247 g/mol. The van der Waals surface area contributed by atoms with Crippen molar-refractivity contribution >= 4 is 5.91 Å². The van der Waals surface area contributed by atoms with Crippen molar-refractivity contribution in [2.24, 2.45) is 0 Å². The minimum atomic E-state index is -0.414. The average molecular weight is 247 g/mol. The molecule has 0 aliphatic rings. The van der Waals surface area contributed by atoms with Crippen molar-refractivity contribution in [3.63, 3.8) is 0 Å². The third-order valence-corrected chi connectivity index (χ3v) is 2.47. The summed E-state index contributed by atoms with van der Waals surface area (Å²) in [5.74, 6) is -0.359. The zero-order valence-corrected chi connectivity index (χ0v) is 9.56. The van der Waals surface area contributed by atoms with Crippen molar-refractivity contribution in [1.82, 2.24) is 15.3 Å². The van der Waals surface area contributed by atoms with E-state index in [0.717, 1.165) is 11.1 Å². The van der Waals surface area contributed by atoms with Crippen LogP contribution in [0.1, 0.15) is 21.6 Å². The maximum atomic E-state index is 11.6. The van der Waals surface area contributed by atoms with Gasteiger partial charge in [-0.2, -0.15) is 0 Å². The van der Waals surface area contributed by atoms with Crippen LogP contribution in [0.3, 0.4) is 0 Å². The molecular weight excluding hydrogens is 234 g/mol. The van der Waals surface area contributed by atoms with Crippen LogP contribution in [-0.2, 0) is 13.2 Å². The SMILES string of the molecule is O=C(NCc1cccc(CO)c1)c1c[nH]c(=O)[nH]1. The quantitative estimate of drug-likeness (QED) is 0.618. The molecule has 94 valence electrons. The number of aromatic amines is 2. The number of hydrogen-bond donors (Lipinski definition) is 4. The molecule has 0 atom stereocenters. The minimum absolute atomic E-state index is 0.0348. The van der Waals surface area contributed by atoms with Crippen LogP contribution in [0.5, 0.6) is 0 Å². The highest BCUT2D eigenvalue weighted by Crippen LogP contribution is 2.05. The predicted molar refractivity (Wildman–Crippen MR) is 64.9 cm³/mol. The van der Waals surface area contributed by atoms with E-state index in [1.54, 1.807) is 12.1 Å². The van der Waals surface area contributed by atoms with E-state index in [4.69, 9.17) is 5.11 Å². The van der Waals surface area contributed by atoms with Gasteiger partial charge in [0, 0.05) is 12.7 Å². The van der Waals surface area contributed by atoms with E-state index in [-0.39, 0.29) is 18.2 Å².